The van der Waals surface area contributed by atoms with Crippen LogP contribution in [0.1, 0.15) is 30.7 Å². The fraction of sp³-hybridized carbons (Fsp3) is 0.455. The molecular formula is C11H14BrClO. The maximum absolute atomic E-state index is 6.26. The van der Waals surface area contributed by atoms with Crippen LogP contribution < -0.4 is 4.74 Å². The summed E-state index contributed by atoms with van der Waals surface area (Å²) in [6.45, 7) is 2.12. The topological polar surface area (TPSA) is 9.23 Å². The van der Waals surface area contributed by atoms with Crippen molar-refractivity contribution in [3.8, 4) is 5.75 Å². The van der Waals surface area contributed by atoms with Gasteiger partial charge in [-0.3, -0.25) is 0 Å². The average Bonchev–Trinajstić information content (AvgIpc) is 2.18. The summed E-state index contributed by atoms with van der Waals surface area (Å²) in [6, 6.07) is 5.91. The Bertz CT molecular complexity index is 301. The first-order valence-corrected chi connectivity index (χ1v) is 5.89. The lowest BCUT2D eigenvalue weighted by Crippen LogP contribution is -1.95. The van der Waals surface area contributed by atoms with Crippen molar-refractivity contribution in [2.24, 2.45) is 0 Å². The number of hydrogen-bond donors (Lipinski definition) is 0. The fourth-order valence-electron chi connectivity index (χ4n) is 1.36. The predicted octanol–water partition coefficient (Wildman–Crippen LogP) is 4.54. The smallest absolute Gasteiger partial charge is 0.123 e. The molecule has 3 heteroatoms. The first-order valence-electron chi connectivity index (χ1n) is 4.66. The number of methoxy groups -OCH3 is 1. The standard InChI is InChI=1S/C11H14BrClO/c1-3-4-10(13)9-7-8(12)5-6-11(9)14-2/h5-7,10H,3-4H2,1-2H3. The van der Waals surface area contributed by atoms with E-state index < -0.39 is 0 Å². The Morgan fingerprint density at radius 3 is 2.79 bits per heavy atom. The van der Waals surface area contributed by atoms with Crippen molar-refractivity contribution < 1.29 is 4.74 Å². The van der Waals surface area contributed by atoms with Crippen molar-refractivity contribution >= 4 is 27.5 Å². The number of ether oxygens (including phenoxy) is 1. The van der Waals surface area contributed by atoms with Crippen molar-refractivity contribution in [2.45, 2.75) is 25.1 Å². The summed E-state index contributed by atoms with van der Waals surface area (Å²) < 4.78 is 6.30. The second-order valence-corrected chi connectivity index (χ2v) is 4.58. The van der Waals surface area contributed by atoms with Gasteiger partial charge in [0, 0.05) is 10.0 Å². The quantitative estimate of drug-likeness (QED) is 0.734. The maximum Gasteiger partial charge on any atom is 0.123 e. The van der Waals surface area contributed by atoms with Crippen molar-refractivity contribution in [1.82, 2.24) is 0 Å². The molecule has 0 N–H and O–H groups in total. The summed E-state index contributed by atoms with van der Waals surface area (Å²) in [7, 11) is 1.67. The molecule has 1 aromatic carbocycles. The largest absolute Gasteiger partial charge is 0.496 e. The van der Waals surface area contributed by atoms with E-state index in [1.165, 1.54) is 0 Å². The highest BCUT2D eigenvalue weighted by Crippen LogP contribution is 2.34. The molecule has 1 unspecified atom stereocenters. The van der Waals surface area contributed by atoms with E-state index in [2.05, 4.69) is 22.9 Å². The van der Waals surface area contributed by atoms with Gasteiger partial charge in [-0.15, -0.1) is 11.6 Å². The maximum atomic E-state index is 6.26. The molecule has 1 rings (SSSR count). The fourth-order valence-corrected chi connectivity index (χ4v) is 2.13. The molecule has 78 valence electrons. The second kappa shape index (κ2) is 5.62. The second-order valence-electron chi connectivity index (χ2n) is 3.14. The lowest BCUT2D eigenvalue weighted by atomic mass is 10.1. The van der Waals surface area contributed by atoms with Gasteiger partial charge in [-0.2, -0.15) is 0 Å². The van der Waals surface area contributed by atoms with E-state index in [1.807, 2.05) is 18.2 Å². The highest BCUT2D eigenvalue weighted by molar-refractivity contribution is 9.10. The zero-order valence-corrected chi connectivity index (χ0v) is 10.7. The summed E-state index contributed by atoms with van der Waals surface area (Å²) in [5, 5.41) is 0.0347. The SMILES string of the molecule is CCCC(Cl)c1cc(Br)ccc1OC. The Kier molecular flexibility index (Phi) is 4.76. The Balaban J connectivity index is 2.97. The molecule has 0 aliphatic rings. The van der Waals surface area contributed by atoms with Crippen LogP contribution >= 0.6 is 27.5 Å². The van der Waals surface area contributed by atoms with Crippen LogP contribution in [0.4, 0.5) is 0 Å². The number of benzene rings is 1. The summed E-state index contributed by atoms with van der Waals surface area (Å²) in [5.74, 6) is 0.863. The van der Waals surface area contributed by atoms with E-state index in [1.54, 1.807) is 7.11 Å². The molecule has 0 aliphatic heterocycles. The normalized spacial score (nSPS) is 12.6. The van der Waals surface area contributed by atoms with Gasteiger partial charge in [-0.05, 0) is 24.6 Å². The molecule has 0 amide bonds. The number of halogens is 2. The minimum absolute atomic E-state index is 0.0347. The number of rotatable bonds is 4. The van der Waals surface area contributed by atoms with Gasteiger partial charge >= 0.3 is 0 Å². The van der Waals surface area contributed by atoms with Crippen molar-refractivity contribution in [3.63, 3.8) is 0 Å². The summed E-state index contributed by atoms with van der Waals surface area (Å²) in [5.41, 5.74) is 1.06. The summed E-state index contributed by atoms with van der Waals surface area (Å²) >= 11 is 9.69. The molecule has 0 spiro atoms. The van der Waals surface area contributed by atoms with Gasteiger partial charge in [0.1, 0.15) is 5.75 Å². The molecular weight excluding hydrogens is 263 g/mol. The average molecular weight is 278 g/mol. The van der Waals surface area contributed by atoms with E-state index >= 15 is 0 Å². The van der Waals surface area contributed by atoms with E-state index in [4.69, 9.17) is 16.3 Å². The molecule has 0 bridgehead atoms. The summed E-state index contributed by atoms with van der Waals surface area (Å²) in [4.78, 5) is 0. The third-order valence-corrected chi connectivity index (χ3v) is 3.02. The van der Waals surface area contributed by atoms with Gasteiger partial charge < -0.3 is 4.74 Å². The Hall–Kier alpha value is -0.210. The third kappa shape index (κ3) is 2.89. The van der Waals surface area contributed by atoms with Gasteiger partial charge in [-0.1, -0.05) is 29.3 Å². The van der Waals surface area contributed by atoms with Gasteiger partial charge in [0.15, 0.2) is 0 Å². The van der Waals surface area contributed by atoms with Crippen molar-refractivity contribution in [3.05, 3.63) is 28.2 Å². The minimum atomic E-state index is 0.0347. The third-order valence-electron chi connectivity index (χ3n) is 2.07. The van der Waals surface area contributed by atoms with E-state index in [-0.39, 0.29) is 5.38 Å². The van der Waals surface area contributed by atoms with E-state index in [0.29, 0.717) is 0 Å². The van der Waals surface area contributed by atoms with Crippen LogP contribution in [-0.2, 0) is 0 Å². The molecule has 1 atom stereocenters. The molecule has 0 saturated carbocycles. The van der Waals surface area contributed by atoms with Crippen molar-refractivity contribution in [1.29, 1.82) is 0 Å². The predicted molar refractivity (Wildman–Crippen MR) is 64.2 cm³/mol. The minimum Gasteiger partial charge on any atom is -0.496 e. The van der Waals surface area contributed by atoms with Crippen LogP contribution in [0.3, 0.4) is 0 Å². The molecule has 0 fully saturated rings. The zero-order chi connectivity index (χ0) is 10.6. The highest BCUT2D eigenvalue weighted by atomic mass is 79.9. The van der Waals surface area contributed by atoms with Gasteiger partial charge in [0.25, 0.3) is 0 Å². The number of hydrogen-bond acceptors (Lipinski definition) is 1. The lowest BCUT2D eigenvalue weighted by Gasteiger charge is -2.13. The van der Waals surface area contributed by atoms with E-state index in [0.717, 1.165) is 28.6 Å². The van der Waals surface area contributed by atoms with Crippen LogP contribution in [-0.4, -0.2) is 7.11 Å². The summed E-state index contributed by atoms with van der Waals surface area (Å²) in [6.07, 6.45) is 2.04. The zero-order valence-electron chi connectivity index (χ0n) is 8.39. The monoisotopic (exact) mass is 276 g/mol. The van der Waals surface area contributed by atoms with Gasteiger partial charge in [0.05, 0.1) is 12.5 Å². The Labute approximate surface area is 98.5 Å². The molecule has 14 heavy (non-hydrogen) atoms. The molecule has 0 aliphatic carbocycles. The van der Waals surface area contributed by atoms with Crippen LogP contribution in [0.5, 0.6) is 5.75 Å². The van der Waals surface area contributed by atoms with Gasteiger partial charge in [0.2, 0.25) is 0 Å². The molecule has 0 heterocycles. The van der Waals surface area contributed by atoms with Crippen LogP contribution in [0.15, 0.2) is 22.7 Å². The molecule has 1 aromatic rings. The van der Waals surface area contributed by atoms with Crippen molar-refractivity contribution in [2.75, 3.05) is 7.11 Å². The first kappa shape index (κ1) is 11.9. The van der Waals surface area contributed by atoms with Crippen LogP contribution in [0, 0.1) is 0 Å². The highest BCUT2D eigenvalue weighted by Gasteiger charge is 2.12. The molecule has 0 radical (unpaired) electrons. The van der Waals surface area contributed by atoms with Gasteiger partial charge in [-0.25, -0.2) is 0 Å². The first-order chi connectivity index (χ1) is 6.69. The Morgan fingerprint density at radius 1 is 1.50 bits per heavy atom. The molecule has 0 saturated heterocycles. The molecule has 1 nitrogen and oxygen atoms in total. The Morgan fingerprint density at radius 2 is 2.21 bits per heavy atom. The van der Waals surface area contributed by atoms with Crippen LogP contribution in [0.2, 0.25) is 0 Å². The van der Waals surface area contributed by atoms with E-state index in [9.17, 15) is 0 Å². The van der Waals surface area contributed by atoms with Crippen LogP contribution in [0.25, 0.3) is 0 Å². The molecule has 0 aromatic heterocycles. The lowest BCUT2D eigenvalue weighted by molar-refractivity contribution is 0.408. The number of alkyl halides is 1.